The van der Waals surface area contributed by atoms with E-state index in [0.29, 0.717) is 37.4 Å². The molecule has 0 radical (unpaired) electrons. The summed E-state index contributed by atoms with van der Waals surface area (Å²) in [6.07, 6.45) is 3.47. The van der Waals surface area contributed by atoms with Gasteiger partial charge in [0.25, 0.3) is 0 Å². The Morgan fingerprint density at radius 3 is 2.55 bits per heavy atom. The molecule has 6 nitrogen and oxygen atoms in total. The lowest BCUT2D eigenvalue weighted by Gasteiger charge is -2.40. The Morgan fingerprint density at radius 2 is 1.95 bits per heavy atom. The summed E-state index contributed by atoms with van der Waals surface area (Å²) in [4.78, 5) is 27.6. The molecule has 3 amide bonds. The monoisotopic (exact) mass is 310 g/mol. The highest BCUT2D eigenvalue weighted by Crippen LogP contribution is 2.24. The van der Waals surface area contributed by atoms with Crippen LogP contribution in [0.4, 0.5) is 4.79 Å². The number of piperidine rings is 1. The SMILES string of the molecule is CC[C@H](C)[C@H]1CNCCN1C(=O)CC1CCN(C(N)=O)CC1. The lowest BCUT2D eigenvalue weighted by atomic mass is 9.91. The Morgan fingerprint density at radius 1 is 1.27 bits per heavy atom. The first kappa shape index (κ1) is 17.1. The first-order valence-electron chi connectivity index (χ1n) is 8.57. The third-order valence-electron chi connectivity index (χ3n) is 5.29. The summed E-state index contributed by atoms with van der Waals surface area (Å²) in [5, 5.41) is 3.40. The van der Waals surface area contributed by atoms with Gasteiger partial charge in [0.15, 0.2) is 0 Å². The molecule has 0 aliphatic carbocycles. The first-order valence-corrected chi connectivity index (χ1v) is 8.57. The van der Waals surface area contributed by atoms with Gasteiger partial charge in [-0.3, -0.25) is 4.79 Å². The number of nitrogens with two attached hydrogens (primary N) is 1. The van der Waals surface area contributed by atoms with E-state index in [1.807, 2.05) is 0 Å². The highest BCUT2D eigenvalue weighted by atomic mass is 16.2. The van der Waals surface area contributed by atoms with Gasteiger partial charge in [-0.25, -0.2) is 4.79 Å². The molecule has 0 bridgehead atoms. The molecule has 2 aliphatic rings. The van der Waals surface area contributed by atoms with Gasteiger partial charge in [-0.15, -0.1) is 0 Å². The number of carbonyl (C=O) groups excluding carboxylic acids is 2. The molecule has 6 heteroatoms. The van der Waals surface area contributed by atoms with Crippen molar-refractivity contribution in [2.24, 2.45) is 17.6 Å². The van der Waals surface area contributed by atoms with Crippen LogP contribution in [0.5, 0.6) is 0 Å². The fraction of sp³-hybridized carbons (Fsp3) is 0.875. The zero-order valence-electron chi connectivity index (χ0n) is 13.9. The predicted octanol–water partition coefficient (Wildman–Crippen LogP) is 1.01. The first-order chi connectivity index (χ1) is 10.5. The molecular formula is C16H30N4O2. The lowest BCUT2D eigenvalue weighted by Crippen LogP contribution is -2.56. The van der Waals surface area contributed by atoms with E-state index in [1.165, 1.54) is 0 Å². The average Bonchev–Trinajstić information content (AvgIpc) is 2.54. The second-order valence-corrected chi connectivity index (χ2v) is 6.72. The summed E-state index contributed by atoms with van der Waals surface area (Å²) < 4.78 is 0. The molecule has 0 unspecified atom stereocenters. The normalized spacial score (nSPS) is 25.1. The van der Waals surface area contributed by atoms with Crippen LogP contribution in [0.1, 0.15) is 39.5 Å². The Bertz CT molecular complexity index is 394. The summed E-state index contributed by atoms with van der Waals surface area (Å²) in [6.45, 7) is 8.38. The largest absolute Gasteiger partial charge is 0.351 e. The molecule has 0 spiro atoms. The molecule has 0 aromatic rings. The average molecular weight is 310 g/mol. The van der Waals surface area contributed by atoms with Gasteiger partial charge in [0.1, 0.15) is 0 Å². The van der Waals surface area contributed by atoms with Crippen LogP contribution in [0, 0.1) is 11.8 Å². The van der Waals surface area contributed by atoms with Crippen LogP contribution in [-0.2, 0) is 4.79 Å². The number of primary amides is 1. The number of piperazine rings is 1. The van der Waals surface area contributed by atoms with Crippen molar-refractivity contribution in [2.75, 3.05) is 32.7 Å². The molecule has 2 heterocycles. The standard InChI is InChI=1S/C16H30N4O2/c1-3-12(2)14-11-18-6-9-20(14)15(21)10-13-4-7-19(8-5-13)16(17)22/h12-14,18H,3-11H2,1-2H3,(H2,17,22)/t12-,14+/m0/s1. The Hall–Kier alpha value is -1.30. The summed E-state index contributed by atoms with van der Waals surface area (Å²) in [5.41, 5.74) is 5.30. The van der Waals surface area contributed by atoms with Crippen molar-refractivity contribution in [2.45, 2.75) is 45.6 Å². The molecule has 0 aromatic heterocycles. The fourth-order valence-corrected chi connectivity index (χ4v) is 3.54. The number of nitrogens with one attached hydrogen (secondary N) is 1. The van der Waals surface area contributed by atoms with Crippen molar-refractivity contribution in [3.8, 4) is 0 Å². The molecule has 22 heavy (non-hydrogen) atoms. The predicted molar refractivity (Wildman–Crippen MR) is 86.3 cm³/mol. The van der Waals surface area contributed by atoms with Crippen LogP contribution in [-0.4, -0.2) is 60.5 Å². The van der Waals surface area contributed by atoms with E-state index in [2.05, 4.69) is 24.1 Å². The molecule has 126 valence electrons. The van der Waals surface area contributed by atoms with E-state index in [9.17, 15) is 9.59 Å². The molecule has 2 saturated heterocycles. The van der Waals surface area contributed by atoms with Gasteiger partial charge in [0.05, 0.1) is 0 Å². The maximum atomic E-state index is 12.7. The second-order valence-electron chi connectivity index (χ2n) is 6.72. The van der Waals surface area contributed by atoms with Gasteiger partial charge in [0.2, 0.25) is 5.91 Å². The molecule has 2 aliphatic heterocycles. The van der Waals surface area contributed by atoms with Crippen LogP contribution in [0.25, 0.3) is 0 Å². The highest BCUT2D eigenvalue weighted by molar-refractivity contribution is 5.77. The summed E-state index contributed by atoms with van der Waals surface area (Å²) in [7, 11) is 0. The molecular weight excluding hydrogens is 280 g/mol. The summed E-state index contributed by atoms with van der Waals surface area (Å²) in [5.74, 6) is 1.19. The van der Waals surface area contributed by atoms with E-state index in [0.717, 1.165) is 38.9 Å². The van der Waals surface area contributed by atoms with Crippen LogP contribution in [0.2, 0.25) is 0 Å². The van der Waals surface area contributed by atoms with Crippen molar-refractivity contribution in [1.29, 1.82) is 0 Å². The van der Waals surface area contributed by atoms with Gasteiger partial charge in [0, 0.05) is 45.2 Å². The number of hydrogen-bond donors (Lipinski definition) is 2. The second kappa shape index (κ2) is 7.81. The molecule has 0 aromatic carbocycles. The molecule has 2 rings (SSSR count). The van der Waals surface area contributed by atoms with Crippen molar-refractivity contribution in [1.82, 2.24) is 15.1 Å². The third kappa shape index (κ3) is 4.12. The number of urea groups is 1. The van der Waals surface area contributed by atoms with Gasteiger partial charge in [-0.1, -0.05) is 20.3 Å². The molecule has 0 saturated carbocycles. The van der Waals surface area contributed by atoms with Crippen LogP contribution >= 0.6 is 0 Å². The van der Waals surface area contributed by atoms with Gasteiger partial charge in [-0.05, 0) is 24.7 Å². The molecule has 2 fully saturated rings. The van der Waals surface area contributed by atoms with Gasteiger partial charge < -0.3 is 20.9 Å². The van der Waals surface area contributed by atoms with Crippen molar-refractivity contribution in [3.05, 3.63) is 0 Å². The lowest BCUT2D eigenvalue weighted by molar-refractivity contribution is -0.136. The van der Waals surface area contributed by atoms with Crippen LogP contribution < -0.4 is 11.1 Å². The van der Waals surface area contributed by atoms with E-state index in [4.69, 9.17) is 5.73 Å². The Labute approximate surface area is 133 Å². The van der Waals surface area contributed by atoms with Crippen LogP contribution in [0.3, 0.4) is 0 Å². The summed E-state index contributed by atoms with van der Waals surface area (Å²) >= 11 is 0. The molecule has 2 atom stereocenters. The number of likely N-dealkylation sites (tertiary alicyclic amines) is 1. The highest BCUT2D eigenvalue weighted by Gasteiger charge is 2.32. The zero-order valence-corrected chi connectivity index (χ0v) is 13.9. The van der Waals surface area contributed by atoms with Gasteiger partial charge >= 0.3 is 6.03 Å². The van der Waals surface area contributed by atoms with Crippen molar-refractivity contribution < 1.29 is 9.59 Å². The number of amides is 3. The number of carbonyl (C=O) groups is 2. The Kier molecular flexibility index (Phi) is 6.06. The quantitative estimate of drug-likeness (QED) is 0.813. The maximum absolute atomic E-state index is 12.7. The smallest absolute Gasteiger partial charge is 0.314 e. The van der Waals surface area contributed by atoms with Crippen LogP contribution in [0.15, 0.2) is 0 Å². The minimum absolute atomic E-state index is 0.282. The van der Waals surface area contributed by atoms with Crippen molar-refractivity contribution in [3.63, 3.8) is 0 Å². The van der Waals surface area contributed by atoms with E-state index < -0.39 is 0 Å². The Balaban J connectivity index is 1.87. The third-order valence-corrected chi connectivity index (χ3v) is 5.29. The van der Waals surface area contributed by atoms with Gasteiger partial charge in [-0.2, -0.15) is 0 Å². The minimum atomic E-state index is -0.344. The zero-order chi connectivity index (χ0) is 16.1. The maximum Gasteiger partial charge on any atom is 0.314 e. The van der Waals surface area contributed by atoms with E-state index in [-0.39, 0.29) is 11.9 Å². The summed E-state index contributed by atoms with van der Waals surface area (Å²) in [6, 6.07) is -0.0272. The van der Waals surface area contributed by atoms with E-state index in [1.54, 1.807) is 4.90 Å². The topological polar surface area (TPSA) is 78.7 Å². The van der Waals surface area contributed by atoms with Crippen molar-refractivity contribution >= 4 is 11.9 Å². The number of hydrogen-bond acceptors (Lipinski definition) is 3. The van der Waals surface area contributed by atoms with E-state index >= 15 is 0 Å². The molecule has 3 N–H and O–H groups in total. The number of nitrogens with zero attached hydrogens (tertiary/aromatic N) is 2. The number of rotatable bonds is 4. The minimum Gasteiger partial charge on any atom is -0.351 e. The fourth-order valence-electron chi connectivity index (χ4n) is 3.54.